The van der Waals surface area contributed by atoms with Gasteiger partial charge in [0.05, 0.1) is 11.4 Å². The zero-order valence-electron chi connectivity index (χ0n) is 29.3. The summed E-state index contributed by atoms with van der Waals surface area (Å²) < 4.78 is 1.08. The van der Waals surface area contributed by atoms with E-state index in [4.69, 9.17) is 0 Å². The van der Waals surface area contributed by atoms with Crippen LogP contribution in [-0.4, -0.2) is 0 Å². The van der Waals surface area contributed by atoms with E-state index in [0.29, 0.717) is 0 Å². The highest BCUT2D eigenvalue weighted by atomic mass is 79.9. The number of hydrogen-bond acceptors (Lipinski definition) is 1. The number of halogens is 1. The molecule has 0 aliphatic carbocycles. The molecule has 8 aromatic rings. The first kappa shape index (κ1) is 31.5. The number of hydrogen-bond donors (Lipinski definition) is 0. The predicted octanol–water partition coefficient (Wildman–Crippen LogP) is 14.5. The molecule has 0 aromatic heterocycles. The van der Waals surface area contributed by atoms with Crippen molar-refractivity contribution in [2.75, 3.05) is 4.90 Å². The van der Waals surface area contributed by atoms with E-state index in [1.807, 2.05) is 0 Å². The second-order valence-corrected chi connectivity index (χ2v) is 15.3. The summed E-state index contributed by atoms with van der Waals surface area (Å²) in [4.78, 5) is 2.51. The van der Waals surface area contributed by atoms with Crippen LogP contribution in [0.1, 0.15) is 36.1 Å². The van der Waals surface area contributed by atoms with Gasteiger partial charge in [-0.3, -0.25) is 0 Å². The van der Waals surface area contributed by atoms with Gasteiger partial charge in [-0.25, -0.2) is 0 Å². The largest absolute Gasteiger partial charge is 0.310 e. The lowest BCUT2D eigenvalue weighted by atomic mass is 9.72. The summed E-state index contributed by atoms with van der Waals surface area (Å²) in [5, 5.41) is 4.97. The van der Waals surface area contributed by atoms with E-state index in [-0.39, 0.29) is 5.41 Å². The van der Waals surface area contributed by atoms with Crippen molar-refractivity contribution in [3.8, 4) is 33.4 Å². The summed E-state index contributed by atoms with van der Waals surface area (Å²) >= 11 is 3.81. The summed E-state index contributed by atoms with van der Waals surface area (Å²) in [7, 11) is 0. The Morgan fingerprint density at radius 2 is 1.04 bits per heavy atom. The monoisotopic (exact) mass is 719 g/mol. The van der Waals surface area contributed by atoms with Gasteiger partial charge in [0, 0.05) is 15.6 Å². The Morgan fingerprint density at radius 1 is 0.451 bits per heavy atom. The van der Waals surface area contributed by atoms with E-state index in [2.05, 4.69) is 206 Å². The molecule has 1 heterocycles. The lowest BCUT2D eigenvalue weighted by Crippen LogP contribution is -2.30. The molecule has 0 unspecified atom stereocenters. The number of benzene rings is 8. The van der Waals surface area contributed by atoms with Crippen molar-refractivity contribution in [1.82, 2.24) is 0 Å². The van der Waals surface area contributed by atoms with E-state index in [9.17, 15) is 0 Å². The lowest BCUT2D eigenvalue weighted by Gasteiger charge is -2.42. The van der Waals surface area contributed by atoms with Gasteiger partial charge >= 0.3 is 0 Å². The number of para-hydroxylation sites is 1. The molecule has 0 bridgehead atoms. The first-order valence-corrected chi connectivity index (χ1v) is 18.5. The molecule has 9 rings (SSSR count). The molecule has 246 valence electrons. The average molecular weight is 721 g/mol. The van der Waals surface area contributed by atoms with Gasteiger partial charge in [-0.1, -0.05) is 145 Å². The SMILES string of the molecule is Cc1ccccc1-c1cc2c(cc1C)N(c1ccc3c(-c4ccccc4)c4cc(Br)ccc4c(-c4ccccc4)c3c1)c1ccccc1C2(C)C. The molecule has 1 nitrogen and oxygen atoms in total. The highest BCUT2D eigenvalue weighted by molar-refractivity contribution is 9.10. The lowest BCUT2D eigenvalue weighted by molar-refractivity contribution is 0.632. The third kappa shape index (κ3) is 5.04. The predicted molar refractivity (Wildman–Crippen MR) is 222 cm³/mol. The zero-order valence-corrected chi connectivity index (χ0v) is 30.9. The van der Waals surface area contributed by atoms with Crippen LogP contribution in [0.3, 0.4) is 0 Å². The van der Waals surface area contributed by atoms with Crippen molar-refractivity contribution < 1.29 is 0 Å². The molecular weight excluding hydrogens is 682 g/mol. The van der Waals surface area contributed by atoms with Crippen molar-refractivity contribution in [2.45, 2.75) is 33.1 Å². The number of anilines is 3. The minimum atomic E-state index is -0.191. The van der Waals surface area contributed by atoms with Crippen LogP contribution in [0.25, 0.3) is 54.9 Å². The van der Waals surface area contributed by atoms with Crippen molar-refractivity contribution in [3.05, 3.63) is 184 Å². The molecule has 0 atom stereocenters. The van der Waals surface area contributed by atoms with Gasteiger partial charge in [0.2, 0.25) is 0 Å². The number of fused-ring (bicyclic) bond motifs is 4. The quantitative estimate of drug-likeness (QED) is 0.164. The zero-order chi connectivity index (χ0) is 34.9. The molecule has 2 heteroatoms. The van der Waals surface area contributed by atoms with Crippen LogP contribution >= 0.6 is 15.9 Å². The Morgan fingerprint density at radius 3 is 1.73 bits per heavy atom. The first-order chi connectivity index (χ1) is 24.8. The second-order valence-electron chi connectivity index (χ2n) is 14.4. The van der Waals surface area contributed by atoms with E-state index in [1.165, 1.54) is 88.6 Å². The minimum absolute atomic E-state index is 0.191. The Balaban J connectivity index is 1.37. The van der Waals surface area contributed by atoms with Gasteiger partial charge in [0.25, 0.3) is 0 Å². The molecule has 0 saturated carbocycles. The Kier molecular flexibility index (Phi) is 7.49. The fourth-order valence-corrected chi connectivity index (χ4v) is 8.81. The van der Waals surface area contributed by atoms with Crippen LogP contribution in [0.2, 0.25) is 0 Å². The summed E-state index contributed by atoms with van der Waals surface area (Å²) in [6, 6.07) is 58.2. The maximum absolute atomic E-state index is 3.81. The van der Waals surface area contributed by atoms with Gasteiger partial charge in [-0.15, -0.1) is 0 Å². The maximum Gasteiger partial charge on any atom is 0.0505 e. The van der Waals surface area contributed by atoms with E-state index in [1.54, 1.807) is 0 Å². The van der Waals surface area contributed by atoms with Crippen LogP contribution in [0, 0.1) is 13.8 Å². The van der Waals surface area contributed by atoms with E-state index in [0.717, 1.165) is 10.2 Å². The normalized spacial score (nSPS) is 13.3. The standard InChI is InChI=1S/C49H38BrN/c1-31-15-11-12-20-37(31)40-30-44-46(27-32(40)2)51(45-22-14-13-21-43(45)49(44,3)4)36-24-26-39-42(29-36)48(34-18-9-6-10-19-34)38-25-23-35(50)28-41(38)47(39)33-16-7-5-8-17-33/h5-30H,1-4H3. The van der Waals surface area contributed by atoms with Crippen molar-refractivity contribution in [3.63, 3.8) is 0 Å². The molecule has 0 N–H and O–H groups in total. The van der Waals surface area contributed by atoms with Gasteiger partial charge < -0.3 is 4.90 Å². The molecular formula is C49H38BrN. The molecule has 8 aromatic carbocycles. The average Bonchev–Trinajstić information content (AvgIpc) is 3.15. The van der Waals surface area contributed by atoms with Crippen molar-refractivity contribution in [2.24, 2.45) is 0 Å². The summed E-state index contributed by atoms with van der Waals surface area (Å²) in [6.45, 7) is 9.23. The molecule has 51 heavy (non-hydrogen) atoms. The van der Waals surface area contributed by atoms with Gasteiger partial charge in [-0.05, 0) is 133 Å². The summed E-state index contributed by atoms with van der Waals surface area (Å²) in [5.74, 6) is 0. The van der Waals surface area contributed by atoms with Gasteiger partial charge in [0.15, 0.2) is 0 Å². The van der Waals surface area contributed by atoms with Crippen LogP contribution in [0.4, 0.5) is 17.1 Å². The third-order valence-corrected chi connectivity index (χ3v) is 11.4. The fourth-order valence-electron chi connectivity index (χ4n) is 8.45. The molecule has 0 spiro atoms. The smallest absolute Gasteiger partial charge is 0.0505 e. The highest BCUT2D eigenvalue weighted by Crippen LogP contribution is 2.54. The molecule has 0 radical (unpaired) electrons. The second kappa shape index (κ2) is 12.1. The number of aryl methyl sites for hydroxylation is 2. The molecule has 0 amide bonds. The maximum atomic E-state index is 3.81. The number of rotatable bonds is 4. The highest BCUT2D eigenvalue weighted by Gasteiger charge is 2.37. The van der Waals surface area contributed by atoms with Crippen LogP contribution in [0.5, 0.6) is 0 Å². The third-order valence-electron chi connectivity index (χ3n) is 11.0. The summed E-state index contributed by atoms with van der Waals surface area (Å²) in [6.07, 6.45) is 0. The fraction of sp³-hybridized carbons (Fsp3) is 0.102. The Hall–Kier alpha value is -5.44. The minimum Gasteiger partial charge on any atom is -0.310 e. The van der Waals surface area contributed by atoms with Crippen LogP contribution < -0.4 is 4.90 Å². The molecule has 1 aliphatic rings. The van der Waals surface area contributed by atoms with E-state index < -0.39 is 0 Å². The van der Waals surface area contributed by atoms with Crippen LogP contribution in [0.15, 0.2) is 162 Å². The topological polar surface area (TPSA) is 3.24 Å². The van der Waals surface area contributed by atoms with Gasteiger partial charge in [-0.2, -0.15) is 0 Å². The van der Waals surface area contributed by atoms with Crippen LogP contribution in [-0.2, 0) is 5.41 Å². The number of nitrogens with zero attached hydrogens (tertiary/aromatic N) is 1. The molecule has 0 fully saturated rings. The van der Waals surface area contributed by atoms with Crippen molar-refractivity contribution in [1.29, 1.82) is 0 Å². The Labute approximate surface area is 309 Å². The molecule has 1 aliphatic heterocycles. The van der Waals surface area contributed by atoms with Gasteiger partial charge in [0.1, 0.15) is 0 Å². The first-order valence-electron chi connectivity index (χ1n) is 17.7. The Bertz CT molecular complexity index is 2640. The van der Waals surface area contributed by atoms with Crippen molar-refractivity contribution >= 4 is 54.5 Å². The summed E-state index contributed by atoms with van der Waals surface area (Å²) in [5.41, 5.74) is 16.2. The molecule has 0 saturated heterocycles. The van der Waals surface area contributed by atoms with E-state index >= 15 is 0 Å².